The molecule has 7 nitrogen and oxygen atoms in total. The number of para-hydroxylation sites is 1. The van der Waals surface area contributed by atoms with Crippen LogP contribution in [0.25, 0.3) is 33.5 Å². The van der Waals surface area contributed by atoms with Crippen molar-refractivity contribution in [3.05, 3.63) is 83.9 Å². The van der Waals surface area contributed by atoms with Crippen LogP contribution in [-0.4, -0.2) is 29.1 Å². The Morgan fingerprint density at radius 2 is 1.84 bits per heavy atom. The van der Waals surface area contributed by atoms with Gasteiger partial charge in [0.1, 0.15) is 5.58 Å². The van der Waals surface area contributed by atoms with Crippen LogP contribution in [0.1, 0.15) is 19.4 Å². The lowest BCUT2D eigenvalue weighted by molar-refractivity contribution is 0.228. The van der Waals surface area contributed by atoms with Gasteiger partial charge in [-0.25, -0.2) is 4.98 Å². The molecule has 0 aliphatic rings. The van der Waals surface area contributed by atoms with Gasteiger partial charge in [-0.3, -0.25) is 4.79 Å². The van der Waals surface area contributed by atoms with Crippen molar-refractivity contribution in [2.24, 2.45) is 5.10 Å². The Kier molecular flexibility index (Phi) is 7.24. The van der Waals surface area contributed by atoms with Gasteiger partial charge >= 0.3 is 0 Å². The molecule has 0 saturated heterocycles. The highest BCUT2D eigenvalue weighted by Gasteiger charge is 2.19. The Labute approximate surface area is 237 Å². The summed E-state index contributed by atoms with van der Waals surface area (Å²) in [6.07, 6.45) is 1.52. The maximum Gasteiger partial charge on any atom is 0.282 e. The van der Waals surface area contributed by atoms with Crippen LogP contribution < -0.4 is 15.0 Å². The molecule has 3 aromatic carbocycles. The quantitative estimate of drug-likeness (QED) is 0.170. The third-order valence-electron chi connectivity index (χ3n) is 5.49. The summed E-state index contributed by atoms with van der Waals surface area (Å²) in [6, 6.07) is 16.5. The number of benzene rings is 3. The van der Waals surface area contributed by atoms with E-state index in [2.05, 4.69) is 52.9 Å². The number of hydrogen-bond acceptors (Lipinski definition) is 6. The summed E-state index contributed by atoms with van der Waals surface area (Å²) in [5.41, 5.74) is 1.57. The molecule has 0 unspecified atom stereocenters. The van der Waals surface area contributed by atoms with Crippen LogP contribution in [0, 0.1) is 0 Å². The van der Waals surface area contributed by atoms with Crippen molar-refractivity contribution in [3.63, 3.8) is 0 Å². The molecule has 0 aliphatic heterocycles. The first-order chi connectivity index (χ1) is 17.8. The molecule has 0 amide bonds. The number of rotatable bonds is 6. The zero-order valence-corrected chi connectivity index (χ0v) is 24.7. The zero-order chi connectivity index (χ0) is 26.3. The predicted molar refractivity (Wildman–Crippen MR) is 156 cm³/mol. The molecular weight excluding hydrogens is 670 g/mol. The third kappa shape index (κ3) is 4.97. The number of halogens is 3. The lowest BCUT2D eigenvalue weighted by atomic mass is 10.2. The number of aromatic nitrogens is 2. The second kappa shape index (κ2) is 10.4. The summed E-state index contributed by atoms with van der Waals surface area (Å²) < 4.78 is 21.1. The fourth-order valence-corrected chi connectivity index (χ4v) is 5.12. The maximum absolute atomic E-state index is 13.6. The SMILES string of the molecule is COc1cc(C=Nn2c(-c3cc4cc(Br)ccc4o3)nc3ccccc3c2=O)c(Br)c(Br)c1OC(C)C. The largest absolute Gasteiger partial charge is 0.493 e. The summed E-state index contributed by atoms with van der Waals surface area (Å²) in [6.45, 7) is 3.87. The van der Waals surface area contributed by atoms with E-state index in [0.717, 1.165) is 9.86 Å². The van der Waals surface area contributed by atoms with E-state index in [1.165, 1.54) is 4.68 Å². The van der Waals surface area contributed by atoms with Crippen LogP contribution in [0.2, 0.25) is 0 Å². The van der Waals surface area contributed by atoms with Crippen molar-refractivity contribution in [3.8, 4) is 23.1 Å². The van der Waals surface area contributed by atoms with Crippen LogP contribution in [0.5, 0.6) is 11.5 Å². The molecule has 2 heterocycles. The smallest absolute Gasteiger partial charge is 0.282 e. The number of hydrogen-bond donors (Lipinski definition) is 0. The molecule has 0 saturated carbocycles. The van der Waals surface area contributed by atoms with E-state index in [1.54, 1.807) is 37.6 Å². The molecule has 37 heavy (non-hydrogen) atoms. The summed E-state index contributed by atoms with van der Waals surface area (Å²) >= 11 is 10.7. The Morgan fingerprint density at radius 3 is 2.59 bits per heavy atom. The lowest BCUT2D eigenvalue weighted by Gasteiger charge is -2.17. The standard InChI is InChI=1S/C27H20Br3N3O4/c1-14(2)36-25-21(35-3)12-16(23(29)24(25)30)13-31-33-26(32-19-7-5-4-6-18(19)27(33)34)22-11-15-10-17(28)8-9-20(15)37-22/h4-14H,1-3H3. The second-order valence-corrected chi connectivity index (χ2v) is 10.9. The fraction of sp³-hybridized carbons (Fsp3) is 0.148. The van der Waals surface area contributed by atoms with E-state index in [1.807, 2.05) is 44.2 Å². The van der Waals surface area contributed by atoms with E-state index in [4.69, 9.17) is 18.9 Å². The Bertz CT molecular complexity index is 1740. The maximum atomic E-state index is 13.6. The lowest BCUT2D eigenvalue weighted by Crippen LogP contribution is -2.20. The number of ether oxygens (including phenoxy) is 2. The Hall–Kier alpha value is -2.95. The van der Waals surface area contributed by atoms with Gasteiger partial charge in [0.25, 0.3) is 5.56 Å². The molecule has 188 valence electrons. The minimum atomic E-state index is -0.319. The van der Waals surface area contributed by atoms with Crippen molar-refractivity contribution in [2.75, 3.05) is 7.11 Å². The second-order valence-electron chi connectivity index (χ2n) is 8.40. The van der Waals surface area contributed by atoms with Gasteiger partial charge in [-0.15, -0.1) is 0 Å². The Balaban J connectivity index is 1.69. The first-order valence-corrected chi connectivity index (χ1v) is 13.6. The zero-order valence-electron chi connectivity index (χ0n) is 20.0. The predicted octanol–water partition coefficient (Wildman–Crippen LogP) is 7.78. The molecule has 0 atom stereocenters. The third-order valence-corrected chi connectivity index (χ3v) is 8.13. The molecule has 0 N–H and O–H groups in total. The van der Waals surface area contributed by atoms with E-state index < -0.39 is 0 Å². The van der Waals surface area contributed by atoms with Crippen LogP contribution in [0.4, 0.5) is 0 Å². The van der Waals surface area contributed by atoms with Crippen molar-refractivity contribution < 1.29 is 13.9 Å². The van der Waals surface area contributed by atoms with E-state index in [0.29, 0.717) is 48.3 Å². The first-order valence-electron chi connectivity index (χ1n) is 11.2. The molecule has 10 heteroatoms. The molecule has 0 fully saturated rings. The summed E-state index contributed by atoms with van der Waals surface area (Å²) in [4.78, 5) is 18.3. The topological polar surface area (TPSA) is 78.9 Å². The van der Waals surface area contributed by atoms with E-state index in [9.17, 15) is 4.79 Å². The van der Waals surface area contributed by atoms with Crippen molar-refractivity contribution in [2.45, 2.75) is 20.0 Å². The normalized spacial score (nSPS) is 11.8. The van der Waals surface area contributed by atoms with Crippen molar-refractivity contribution in [1.29, 1.82) is 0 Å². The van der Waals surface area contributed by atoms with Crippen LogP contribution in [0.3, 0.4) is 0 Å². The average molecular weight is 690 g/mol. The number of nitrogens with zero attached hydrogens (tertiary/aromatic N) is 3. The van der Waals surface area contributed by atoms with Gasteiger partial charge in [-0.2, -0.15) is 9.78 Å². The summed E-state index contributed by atoms with van der Waals surface area (Å²) in [5, 5.41) is 5.88. The van der Waals surface area contributed by atoms with E-state index >= 15 is 0 Å². The highest BCUT2D eigenvalue weighted by Crippen LogP contribution is 2.42. The van der Waals surface area contributed by atoms with Gasteiger partial charge in [0, 0.05) is 19.9 Å². The fourth-order valence-electron chi connectivity index (χ4n) is 3.83. The molecular formula is C27H20Br3N3O4. The van der Waals surface area contributed by atoms with Crippen molar-refractivity contribution in [1.82, 2.24) is 9.66 Å². The van der Waals surface area contributed by atoms with Gasteiger partial charge in [0.15, 0.2) is 17.3 Å². The highest BCUT2D eigenvalue weighted by atomic mass is 79.9. The minimum absolute atomic E-state index is 0.0501. The number of methoxy groups -OCH3 is 1. The number of fused-ring (bicyclic) bond motifs is 2. The molecule has 0 bridgehead atoms. The molecule has 5 rings (SSSR count). The van der Waals surface area contributed by atoms with Crippen LogP contribution in [-0.2, 0) is 0 Å². The molecule has 0 spiro atoms. The summed E-state index contributed by atoms with van der Waals surface area (Å²) in [5.74, 6) is 1.80. The van der Waals surface area contributed by atoms with Crippen molar-refractivity contribution >= 4 is 75.9 Å². The average Bonchev–Trinajstić information content (AvgIpc) is 3.30. The monoisotopic (exact) mass is 687 g/mol. The van der Waals surface area contributed by atoms with E-state index in [-0.39, 0.29) is 17.5 Å². The van der Waals surface area contributed by atoms with Gasteiger partial charge in [0.05, 0.1) is 34.8 Å². The van der Waals surface area contributed by atoms with Crippen LogP contribution in [0.15, 0.2) is 82.3 Å². The molecule has 0 radical (unpaired) electrons. The minimum Gasteiger partial charge on any atom is -0.493 e. The molecule has 0 aliphatic carbocycles. The van der Waals surface area contributed by atoms with Gasteiger partial charge in [-0.1, -0.05) is 28.1 Å². The highest BCUT2D eigenvalue weighted by molar-refractivity contribution is 9.13. The first kappa shape index (κ1) is 25.7. The van der Waals surface area contributed by atoms with Gasteiger partial charge in [0.2, 0.25) is 5.82 Å². The van der Waals surface area contributed by atoms with Gasteiger partial charge in [-0.05, 0) is 88.2 Å². The Morgan fingerprint density at radius 1 is 1.05 bits per heavy atom. The summed E-state index contributed by atoms with van der Waals surface area (Å²) in [7, 11) is 1.57. The molecule has 2 aromatic heterocycles. The molecule has 5 aromatic rings. The van der Waals surface area contributed by atoms with Gasteiger partial charge < -0.3 is 13.9 Å². The van der Waals surface area contributed by atoms with Crippen LogP contribution >= 0.6 is 47.8 Å². The number of furan rings is 1.